The highest BCUT2D eigenvalue weighted by Crippen LogP contribution is 2.36. The fraction of sp³-hybridized carbons (Fsp3) is 0.0345. The molecule has 0 fully saturated rings. The average Bonchev–Trinajstić information content (AvgIpc) is 2.91. The molecule has 0 aliphatic carbocycles. The number of rotatable bonds is 6. The van der Waals surface area contributed by atoms with Crippen LogP contribution in [0.4, 0.5) is 17.3 Å². The summed E-state index contributed by atoms with van der Waals surface area (Å²) in [5.41, 5.74) is 6.27. The van der Waals surface area contributed by atoms with Crippen LogP contribution in [0, 0.1) is 0 Å². The molecule has 5 rings (SSSR count). The number of hydrogen-bond donors (Lipinski definition) is 1. The first-order valence-electron chi connectivity index (χ1n) is 10.9. The number of hydrogen-bond acceptors (Lipinski definition) is 4. The fourth-order valence-corrected chi connectivity index (χ4v) is 3.85. The van der Waals surface area contributed by atoms with E-state index in [9.17, 15) is 5.11 Å². The van der Waals surface area contributed by atoms with Gasteiger partial charge in [-0.05, 0) is 24.3 Å². The highest BCUT2D eigenvalue weighted by Gasteiger charge is 2.20. The van der Waals surface area contributed by atoms with E-state index in [-0.39, 0.29) is 6.61 Å². The molecule has 160 valence electrons. The average molecular weight is 430 g/mol. The van der Waals surface area contributed by atoms with Crippen molar-refractivity contribution >= 4 is 17.3 Å². The van der Waals surface area contributed by atoms with Gasteiger partial charge in [-0.1, -0.05) is 97.1 Å². The quantitative estimate of drug-likeness (QED) is 0.323. The fourth-order valence-electron chi connectivity index (χ4n) is 3.85. The van der Waals surface area contributed by atoms with Gasteiger partial charge in [0.05, 0.1) is 23.7 Å². The van der Waals surface area contributed by atoms with Gasteiger partial charge in [0.25, 0.3) is 0 Å². The molecule has 33 heavy (non-hydrogen) atoms. The second-order valence-electron chi connectivity index (χ2n) is 7.63. The summed E-state index contributed by atoms with van der Waals surface area (Å²) in [6.07, 6.45) is 0. The molecule has 0 aliphatic heterocycles. The van der Waals surface area contributed by atoms with E-state index < -0.39 is 0 Å². The molecular formula is C29H23N3O. The molecule has 0 unspecified atom stereocenters. The third-order valence-corrected chi connectivity index (χ3v) is 5.47. The van der Waals surface area contributed by atoms with Crippen molar-refractivity contribution in [3.05, 3.63) is 127 Å². The van der Waals surface area contributed by atoms with Crippen LogP contribution in [-0.2, 0) is 6.61 Å². The van der Waals surface area contributed by atoms with Crippen molar-refractivity contribution < 1.29 is 5.11 Å². The van der Waals surface area contributed by atoms with Crippen molar-refractivity contribution in [2.24, 2.45) is 0 Å². The third-order valence-electron chi connectivity index (χ3n) is 5.47. The summed E-state index contributed by atoms with van der Waals surface area (Å²) in [7, 11) is 0. The Hall–Kier alpha value is -4.28. The highest BCUT2D eigenvalue weighted by molar-refractivity contribution is 5.78. The van der Waals surface area contributed by atoms with E-state index in [1.807, 2.05) is 102 Å². The summed E-state index contributed by atoms with van der Waals surface area (Å²) in [5, 5.41) is 10.1. The molecule has 0 aliphatic rings. The molecule has 4 heteroatoms. The van der Waals surface area contributed by atoms with Crippen molar-refractivity contribution in [2.75, 3.05) is 4.90 Å². The minimum Gasteiger partial charge on any atom is -0.392 e. The van der Waals surface area contributed by atoms with Gasteiger partial charge < -0.3 is 5.11 Å². The van der Waals surface area contributed by atoms with E-state index >= 15 is 0 Å². The maximum absolute atomic E-state index is 10.1. The van der Waals surface area contributed by atoms with Crippen LogP contribution in [0.25, 0.3) is 22.5 Å². The SMILES string of the molecule is OCc1ccccc1N(c1ccccc1)c1nc(-c2ccccc2)cc(-c2ccccc2)n1. The lowest BCUT2D eigenvalue weighted by Crippen LogP contribution is -2.16. The molecule has 0 saturated heterocycles. The lowest BCUT2D eigenvalue weighted by atomic mass is 10.1. The number of anilines is 3. The van der Waals surface area contributed by atoms with E-state index in [2.05, 4.69) is 24.3 Å². The molecule has 5 aromatic rings. The Balaban J connectivity index is 1.77. The van der Waals surface area contributed by atoms with Gasteiger partial charge in [-0.25, -0.2) is 9.97 Å². The maximum atomic E-state index is 10.1. The Kier molecular flexibility index (Phi) is 5.91. The molecule has 0 amide bonds. The van der Waals surface area contributed by atoms with Crippen LogP contribution in [0.15, 0.2) is 121 Å². The first-order valence-corrected chi connectivity index (χ1v) is 10.9. The molecule has 4 aromatic carbocycles. The second-order valence-corrected chi connectivity index (χ2v) is 7.63. The summed E-state index contributed by atoms with van der Waals surface area (Å²) in [6.45, 7) is -0.0799. The molecule has 1 N–H and O–H groups in total. The van der Waals surface area contributed by atoms with E-state index in [0.29, 0.717) is 5.95 Å². The topological polar surface area (TPSA) is 49.2 Å². The zero-order valence-corrected chi connectivity index (χ0v) is 18.0. The molecule has 0 saturated carbocycles. The minimum atomic E-state index is -0.0799. The van der Waals surface area contributed by atoms with Gasteiger partial charge in [0.2, 0.25) is 5.95 Å². The van der Waals surface area contributed by atoms with Crippen LogP contribution in [0.1, 0.15) is 5.56 Å². The van der Waals surface area contributed by atoms with Crippen molar-refractivity contribution in [3.8, 4) is 22.5 Å². The van der Waals surface area contributed by atoms with Crippen LogP contribution >= 0.6 is 0 Å². The van der Waals surface area contributed by atoms with Crippen LogP contribution < -0.4 is 4.90 Å². The van der Waals surface area contributed by atoms with E-state index in [1.54, 1.807) is 0 Å². The summed E-state index contributed by atoms with van der Waals surface area (Å²) >= 11 is 0. The van der Waals surface area contributed by atoms with Crippen molar-refractivity contribution in [1.82, 2.24) is 9.97 Å². The van der Waals surface area contributed by atoms with Gasteiger partial charge in [0.15, 0.2) is 0 Å². The molecular weight excluding hydrogens is 406 g/mol. The predicted octanol–water partition coefficient (Wildman–Crippen LogP) is 6.77. The minimum absolute atomic E-state index is 0.0799. The zero-order valence-electron chi connectivity index (χ0n) is 18.0. The summed E-state index contributed by atoms with van der Waals surface area (Å²) < 4.78 is 0. The number of aliphatic hydroxyl groups is 1. The smallest absolute Gasteiger partial charge is 0.235 e. The van der Waals surface area contributed by atoms with Crippen LogP contribution in [-0.4, -0.2) is 15.1 Å². The number of benzene rings is 4. The van der Waals surface area contributed by atoms with Crippen LogP contribution in [0.2, 0.25) is 0 Å². The van der Waals surface area contributed by atoms with Crippen LogP contribution in [0.5, 0.6) is 0 Å². The number of aromatic nitrogens is 2. The van der Waals surface area contributed by atoms with Crippen molar-refractivity contribution in [1.29, 1.82) is 0 Å². The Bertz CT molecular complexity index is 1280. The molecule has 0 atom stereocenters. The molecule has 0 bridgehead atoms. The first kappa shape index (κ1) is 20.6. The molecule has 1 heterocycles. The maximum Gasteiger partial charge on any atom is 0.235 e. The molecule has 0 radical (unpaired) electrons. The van der Waals surface area contributed by atoms with Gasteiger partial charge in [-0.2, -0.15) is 0 Å². The van der Waals surface area contributed by atoms with Crippen LogP contribution in [0.3, 0.4) is 0 Å². The zero-order chi connectivity index (χ0) is 22.5. The van der Waals surface area contributed by atoms with E-state index in [0.717, 1.165) is 39.5 Å². The molecule has 0 spiro atoms. The molecule has 4 nitrogen and oxygen atoms in total. The van der Waals surface area contributed by atoms with Gasteiger partial charge >= 0.3 is 0 Å². The summed E-state index contributed by atoms with van der Waals surface area (Å²) in [6, 6.07) is 40.1. The van der Waals surface area contributed by atoms with Gasteiger partial charge in [-0.3, -0.25) is 4.90 Å². The lowest BCUT2D eigenvalue weighted by Gasteiger charge is -2.26. The standard InChI is InChI=1S/C29H23N3O/c33-21-24-16-10-11-19-28(24)32(25-17-8-3-9-18-25)29-30-26(22-12-4-1-5-13-22)20-27(31-29)23-14-6-2-7-15-23/h1-20,33H,21H2. The number of nitrogens with zero attached hydrogens (tertiary/aromatic N) is 3. The van der Waals surface area contributed by atoms with Crippen molar-refractivity contribution in [2.45, 2.75) is 6.61 Å². The van der Waals surface area contributed by atoms with Gasteiger partial charge in [-0.15, -0.1) is 0 Å². The third kappa shape index (κ3) is 4.38. The monoisotopic (exact) mass is 429 g/mol. The number of aliphatic hydroxyl groups excluding tert-OH is 1. The van der Waals surface area contributed by atoms with Crippen molar-refractivity contribution in [3.63, 3.8) is 0 Å². The van der Waals surface area contributed by atoms with E-state index in [4.69, 9.17) is 9.97 Å². The van der Waals surface area contributed by atoms with E-state index in [1.165, 1.54) is 0 Å². The first-order chi connectivity index (χ1) is 16.3. The normalized spacial score (nSPS) is 10.7. The second kappa shape index (κ2) is 9.47. The molecule has 1 aromatic heterocycles. The Morgan fingerprint density at radius 1 is 0.576 bits per heavy atom. The summed E-state index contributed by atoms with van der Waals surface area (Å²) in [4.78, 5) is 12.0. The van der Waals surface area contributed by atoms with Gasteiger partial charge in [0.1, 0.15) is 0 Å². The Morgan fingerprint density at radius 2 is 1.06 bits per heavy atom. The largest absolute Gasteiger partial charge is 0.392 e. The predicted molar refractivity (Wildman–Crippen MR) is 134 cm³/mol. The summed E-state index contributed by atoms with van der Waals surface area (Å²) in [5.74, 6) is 0.544. The number of para-hydroxylation sites is 2. The van der Waals surface area contributed by atoms with Gasteiger partial charge in [0, 0.05) is 22.4 Å². The Morgan fingerprint density at radius 3 is 1.61 bits per heavy atom. The Labute approximate surface area is 193 Å². The highest BCUT2D eigenvalue weighted by atomic mass is 16.3. The lowest BCUT2D eigenvalue weighted by molar-refractivity contribution is 0.282.